The number of hydrogen-bond acceptors (Lipinski definition) is 2. The van der Waals surface area contributed by atoms with Crippen LogP contribution in [0.1, 0.15) is 6.42 Å². The van der Waals surface area contributed by atoms with Gasteiger partial charge in [0.1, 0.15) is 0 Å². The highest BCUT2D eigenvalue weighted by molar-refractivity contribution is 5.79. The van der Waals surface area contributed by atoms with Gasteiger partial charge in [-0.15, -0.1) is 0 Å². The maximum atomic E-state index is 3.74. The van der Waals surface area contributed by atoms with Crippen molar-refractivity contribution in [3.05, 3.63) is 0 Å². The van der Waals surface area contributed by atoms with Gasteiger partial charge in [0.15, 0.2) is 0 Å². The second-order valence-corrected chi connectivity index (χ2v) is 2.09. The molecule has 2 heteroatoms. The van der Waals surface area contributed by atoms with Gasteiger partial charge in [0, 0.05) is 24.3 Å². The number of fused-ring (bicyclic) bond motifs is 1. The molecule has 1 saturated carbocycles. The van der Waals surface area contributed by atoms with Crippen LogP contribution in [0.3, 0.4) is 0 Å². The van der Waals surface area contributed by atoms with E-state index in [-0.39, 0.29) is 0 Å². The molecule has 0 N–H and O–H groups in total. The Hall–Kier alpha value is -0.660. The Labute approximate surface area is 41.9 Å². The lowest BCUT2D eigenvalue weighted by Crippen LogP contribution is -1.88. The maximum Gasteiger partial charge on any atom is 0.0307 e. The molecule has 0 saturated heterocycles. The molecule has 0 aromatic rings. The molecule has 36 valence electrons. The fraction of sp³-hybridized carbons (Fsp3) is 0.600. The smallest absolute Gasteiger partial charge is 0.0307 e. The summed E-state index contributed by atoms with van der Waals surface area (Å²) in [5, 5.41) is 7.49. The van der Waals surface area contributed by atoms with Crippen LogP contribution >= 0.6 is 0 Å². The summed E-state index contributed by atoms with van der Waals surface area (Å²) in [5.74, 6) is 1.52. The molecule has 1 aliphatic carbocycles. The van der Waals surface area contributed by atoms with Crippen LogP contribution < -0.4 is 0 Å². The zero-order valence-corrected chi connectivity index (χ0v) is 3.91. The first-order valence-electron chi connectivity index (χ1n) is 2.53. The second kappa shape index (κ2) is 0.941. The summed E-state index contributed by atoms with van der Waals surface area (Å²) in [6, 6.07) is 0. The Bertz CT molecular complexity index is 121. The highest BCUT2D eigenvalue weighted by Gasteiger charge is 2.35. The van der Waals surface area contributed by atoms with E-state index in [2.05, 4.69) is 10.2 Å². The van der Waals surface area contributed by atoms with E-state index in [0.29, 0.717) is 0 Å². The van der Waals surface area contributed by atoms with E-state index < -0.39 is 0 Å². The van der Waals surface area contributed by atoms with Gasteiger partial charge in [-0.05, 0) is 6.42 Å². The van der Waals surface area contributed by atoms with Gasteiger partial charge in [-0.2, -0.15) is 10.2 Å². The van der Waals surface area contributed by atoms with Gasteiger partial charge in [-0.1, -0.05) is 0 Å². The van der Waals surface area contributed by atoms with Crippen molar-refractivity contribution in [2.75, 3.05) is 0 Å². The molecule has 1 fully saturated rings. The lowest BCUT2D eigenvalue weighted by molar-refractivity contribution is 1.05. The number of nitrogens with zero attached hydrogens (tertiary/aromatic N) is 2. The molecule has 0 bridgehead atoms. The summed E-state index contributed by atoms with van der Waals surface area (Å²) < 4.78 is 0. The van der Waals surface area contributed by atoms with Gasteiger partial charge in [0.25, 0.3) is 0 Å². The average Bonchev–Trinajstić information content (AvgIpc) is 2.41. The van der Waals surface area contributed by atoms with Gasteiger partial charge < -0.3 is 0 Å². The van der Waals surface area contributed by atoms with E-state index in [4.69, 9.17) is 0 Å². The molecule has 2 aliphatic rings. The van der Waals surface area contributed by atoms with Crippen molar-refractivity contribution >= 4 is 12.4 Å². The van der Waals surface area contributed by atoms with Crippen molar-refractivity contribution in [1.82, 2.24) is 0 Å². The largest absolute Gasteiger partial charge is 0.164 e. The molecular formula is C5H6N2. The first kappa shape index (κ1) is 3.36. The van der Waals surface area contributed by atoms with Gasteiger partial charge in [-0.25, -0.2) is 0 Å². The minimum absolute atomic E-state index is 0.762. The maximum absolute atomic E-state index is 3.74. The Morgan fingerprint density at radius 2 is 1.71 bits per heavy atom. The van der Waals surface area contributed by atoms with E-state index in [1.165, 1.54) is 6.42 Å². The molecule has 7 heavy (non-hydrogen) atoms. The molecule has 2 unspecified atom stereocenters. The van der Waals surface area contributed by atoms with Gasteiger partial charge in [-0.3, -0.25) is 0 Å². The third-order valence-corrected chi connectivity index (χ3v) is 1.47. The van der Waals surface area contributed by atoms with Crippen LogP contribution in [0.2, 0.25) is 0 Å². The fourth-order valence-corrected chi connectivity index (χ4v) is 0.827. The topological polar surface area (TPSA) is 24.7 Å². The van der Waals surface area contributed by atoms with Crippen LogP contribution in [0, 0.1) is 11.8 Å². The summed E-state index contributed by atoms with van der Waals surface area (Å²) >= 11 is 0. The van der Waals surface area contributed by atoms with Crippen molar-refractivity contribution in [1.29, 1.82) is 0 Å². The normalized spacial score (nSPS) is 43.4. The molecule has 0 aromatic carbocycles. The van der Waals surface area contributed by atoms with Crippen LogP contribution in [0.25, 0.3) is 0 Å². The molecular weight excluding hydrogens is 88.1 g/mol. The van der Waals surface area contributed by atoms with Crippen LogP contribution in [0.5, 0.6) is 0 Å². The highest BCUT2D eigenvalue weighted by atomic mass is 15.2. The lowest BCUT2D eigenvalue weighted by Gasteiger charge is -1.85. The van der Waals surface area contributed by atoms with Crippen LogP contribution in [0.4, 0.5) is 0 Å². The van der Waals surface area contributed by atoms with E-state index in [0.717, 1.165) is 11.8 Å². The zero-order valence-electron chi connectivity index (χ0n) is 3.91. The minimum Gasteiger partial charge on any atom is -0.164 e. The minimum atomic E-state index is 0.762. The van der Waals surface area contributed by atoms with Gasteiger partial charge >= 0.3 is 0 Å². The predicted molar refractivity (Wildman–Crippen MR) is 28.6 cm³/mol. The summed E-state index contributed by atoms with van der Waals surface area (Å²) in [5.41, 5.74) is 0. The molecule has 2 nitrogen and oxygen atoms in total. The summed E-state index contributed by atoms with van der Waals surface area (Å²) in [7, 11) is 0. The van der Waals surface area contributed by atoms with Gasteiger partial charge in [0.2, 0.25) is 0 Å². The Morgan fingerprint density at radius 3 is 2.14 bits per heavy atom. The first-order valence-corrected chi connectivity index (χ1v) is 2.53. The highest BCUT2D eigenvalue weighted by Crippen LogP contribution is 2.36. The molecule has 0 spiro atoms. The third kappa shape index (κ3) is 0.391. The van der Waals surface area contributed by atoms with E-state index in [1.54, 1.807) is 0 Å². The van der Waals surface area contributed by atoms with Gasteiger partial charge in [0.05, 0.1) is 0 Å². The predicted octanol–water partition coefficient (Wildman–Crippen LogP) is 0.693. The second-order valence-electron chi connectivity index (χ2n) is 2.09. The molecule has 0 radical (unpaired) electrons. The molecule has 2 rings (SSSR count). The van der Waals surface area contributed by atoms with Crippen molar-refractivity contribution in [2.24, 2.45) is 22.0 Å². The third-order valence-electron chi connectivity index (χ3n) is 1.47. The van der Waals surface area contributed by atoms with Crippen molar-refractivity contribution in [3.63, 3.8) is 0 Å². The van der Waals surface area contributed by atoms with Crippen LogP contribution in [-0.4, -0.2) is 12.4 Å². The van der Waals surface area contributed by atoms with E-state index in [9.17, 15) is 0 Å². The molecule has 2 atom stereocenters. The summed E-state index contributed by atoms with van der Waals surface area (Å²) in [6.45, 7) is 0. The van der Waals surface area contributed by atoms with E-state index >= 15 is 0 Å². The van der Waals surface area contributed by atoms with Crippen molar-refractivity contribution in [2.45, 2.75) is 6.42 Å². The summed E-state index contributed by atoms with van der Waals surface area (Å²) in [6.07, 6.45) is 5.16. The van der Waals surface area contributed by atoms with Crippen LogP contribution in [0.15, 0.2) is 10.2 Å². The monoisotopic (exact) mass is 94.1 g/mol. The molecule has 0 aromatic heterocycles. The molecule has 1 heterocycles. The Kier molecular flexibility index (Phi) is 0.451. The summed E-state index contributed by atoms with van der Waals surface area (Å²) in [4.78, 5) is 0. The number of rotatable bonds is 0. The Morgan fingerprint density at radius 1 is 1.14 bits per heavy atom. The Balaban J connectivity index is 2.28. The van der Waals surface area contributed by atoms with E-state index in [1.807, 2.05) is 12.4 Å². The average molecular weight is 94.1 g/mol. The zero-order chi connectivity index (χ0) is 4.69. The molecule has 1 aliphatic heterocycles. The molecule has 0 amide bonds. The lowest BCUT2D eigenvalue weighted by atomic mass is 10.3. The quantitative estimate of drug-likeness (QED) is 0.422. The SMILES string of the molecule is C1=NN=CC2CC12. The first-order chi connectivity index (χ1) is 3.47. The standard InChI is InChI=1S/C5H6N2/c1-4-2-6-7-3-5(1)4/h2-5H,1H2. The van der Waals surface area contributed by atoms with Crippen molar-refractivity contribution in [3.8, 4) is 0 Å². The number of hydrogen-bond donors (Lipinski definition) is 0. The van der Waals surface area contributed by atoms with Crippen molar-refractivity contribution < 1.29 is 0 Å². The fourth-order valence-electron chi connectivity index (χ4n) is 0.827. The van der Waals surface area contributed by atoms with Crippen LogP contribution in [-0.2, 0) is 0 Å².